The van der Waals surface area contributed by atoms with E-state index < -0.39 is 5.97 Å². The highest BCUT2D eigenvalue weighted by molar-refractivity contribution is 7.99. The average molecular weight is 254 g/mol. The summed E-state index contributed by atoms with van der Waals surface area (Å²) in [4.78, 5) is 17.6. The second-order valence-corrected chi connectivity index (χ2v) is 4.63. The number of thioether (sulfide) groups is 1. The zero-order valence-electron chi connectivity index (χ0n) is 8.94. The summed E-state index contributed by atoms with van der Waals surface area (Å²) in [5, 5.41) is 9.17. The first kappa shape index (κ1) is 11.9. The van der Waals surface area contributed by atoms with E-state index >= 15 is 0 Å². The number of aromatic amines is 1. The van der Waals surface area contributed by atoms with Crippen molar-refractivity contribution in [2.45, 2.75) is 18.0 Å². The molecule has 0 spiro atoms. The molecule has 0 aliphatic carbocycles. The Hall–Kier alpha value is -1.56. The lowest BCUT2D eigenvalue weighted by Gasteiger charge is -1.94. The lowest BCUT2D eigenvalue weighted by molar-refractivity contribution is -0.137. The molecule has 6 heteroatoms. The number of fused-ring (bicyclic) bond motifs is 1. The van der Waals surface area contributed by atoms with Crippen LogP contribution >= 0.6 is 11.8 Å². The normalized spacial score (nSPS) is 10.9. The molecule has 0 aliphatic rings. The van der Waals surface area contributed by atoms with Gasteiger partial charge in [0.25, 0.3) is 0 Å². The number of aliphatic carboxylic acids is 1. The largest absolute Gasteiger partial charge is 0.481 e. The summed E-state index contributed by atoms with van der Waals surface area (Å²) < 4.78 is 12.9. The number of H-pyrrole nitrogens is 1. The van der Waals surface area contributed by atoms with Crippen LogP contribution in [-0.4, -0.2) is 26.8 Å². The maximum absolute atomic E-state index is 12.9. The number of benzene rings is 1. The number of hydrogen-bond donors (Lipinski definition) is 2. The number of aromatic nitrogens is 2. The molecule has 1 aromatic heterocycles. The Labute approximate surface area is 101 Å². The van der Waals surface area contributed by atoms with Crippen molar-refractivity contribution in [1.82, 2.24) is 9.97 Å². The van der Waals surface area contributed by atoms with E-state index in [2.05, 4.69) is 9.97 Å². The Kier molecular flexibility index (Phi) is 3.63. The van der Waals surface area contributed by atoms with Crippen LogP contribution < -0.4 is 0 Å². The van der Waals surface area contributed by atoms with E-state index in [4.69, 9.17) is 5.11 Å². The number of imidazole rings is 1. The van der Waals surface area contributed by atoms with Crippen LogP contribution in [0.25, 0.3) is 11.0 Å². The molecule has 90 valence electrons. The number of halogens is 1. The van der Waals surface area contributed by atoms with Crippen LogP contribution in [0.3, 0.4) is 0 Å². The maximum atomic E-state index is 12.9. The molecular formula is C11H11FN2O2S. The summed E-state index contributed by atoms with van der Waals surface area (Å²) >= 11 is 1.44. The van der Waals surface area contributed by atoms with Crippen molar-refractivity contribution in [3.05, 3.63) is 24.0 Å². The number of carbonyl (C=O) groups is 1. The van der Waals surface area contributed by atoms with Gasteiger partial charge >= 0.3 is 5.97 Å². The van der Waals surface area contributed by atoms with Gasteiger partial charge in [0.05, 0.1) is 11.0 Å². The van der Waals surface area contributed by atoms with Crippen molar-refractivity contribution in [3.63, 3.8) is 0 Å². The molecule has 0 atom stereocenters. The molecule has 0 aliphatic heterocycles. The number of nitrogens with zero attached hydrogens (tertiary/aromatic N) is 1. The van der Waals surface area contributed by atoms with Gasteiger partial charge in [0.15, 0.2) is 5.16 Å². The molecule has 0 saturated heterocycles. The highest BCUT2D eigenvalue weighted by Gasteiger charge is 2.04. The van der Waals surface area contributed by atoms with Crippen LogP contribution in [0.4, 0.5) is 4.39 Å². The fraction of sp³-hybridized carbons (Fsp3) is 0.273. The molecule has 0 fully saturated rings. The van der Waals surface area contributed by atoms with E-state index in [1.165, 1.54) is 23.9 Å². The molecule has 0 amide bonds. The number of nitrogens with one attached hydrogen (secondary N) is 1. The van der Waals surface area contributed by atoms with Crippen molar-refractivity contribution in [3.8, 4) is 0 Å². The summed E-state index contributed by atoms with van der Waals surface area (Å²) in [6.07, 6.45) is 0.743. The highest BCUT2D eigenvalue weighted by atomic mass is 32.2. The van der Waals surface area contributed by atoms with Crippen LogP contribution in [0.15, 0.2) is 23.4 Å². The maximum Gasteiger partial charge on any atom is 0.303 e. The number of hydrogen-bond acceptors (Lipinski definition) is 3. The standard InChI is InChI=1S/C11H11FN2O2S/c12-7-3-4-8-9(6-7)14-11(13-8)17-5-1-2-10(15)16/h3-4,6H,1-2,5H2,(H,13,14)(H,15,16). The molecule has 0 radical (unpaired) electrons. The molecule has 2 N–H and O–H groups in total. The van der Waals surface area contributed by atoms with E-state index in [0.717, 1.165) is 0 Å². The summed E-state index contributed by atoms with van der Waals surface area (Å²) in [5.74, 6) is -0.421. The van der Waals surface area contributed by atoms with Crippen molar-refractivity contribution in [1.29, 1.82) is 0 Å². The highest BCUT2D eigenvalue weighted by Crippen LogP contribution is 2.20. The quantitative estimate of drug-likeness (QED) is 0.636. The van der Waals surface area contributed by atoms with Crippen molar-refractivity contribution in [2.75, 3.05) is 5.75 Å². The zero-order valence-corrected chi connectivity index (χ0v) is 9.76. The number of rotatable bonds is 5. The first-order chi connectivity index (χ1) is 8.15. The van der Waals surface area contributed by atoms with Crippen molar-refractivity contribution >= 4 is 28.8 Å². The fourth-order valence-electron chi connectivity index (χ4n) is 1.42. The van der Waals surface area contributed by atoms with E-state index in [0.29, 0.717) is 28.4 Å². The first-order valence-electron chi connectivity index (χ1n) is 5.15. The van der Waals surface area contributed by atoms with E-state index in [9.17, 15) is 9.18 Å². The second-order valence-electron chi connectivity index (χ2n) is 3.55. The Morgan fingerprint density at radius 1 is 1.53 bits per heavy atom. The smallest absolute Gasteiger partial charge is 0.303 e. The van der Waals surface area contributed by atoms with Crippen LogP contribution in [-0.2, 0) is 4.79 Å². The number of carboxylic acids is 1. The van der Waals surface area contributed by atoms with Crippen molar-refractivity contribution in [2.24, 2.45) is 0 Å². The molecular weight excluding hydrogens is 243 g/mol. The third kappa shape index (κ3) is 3.20. The van der Waals surface area contributed by atoms with Gasteiger partial charge in [-0.25, -0.2) is 9.37 Å². The third-order valence-electron chi connectivity index (χ3n) is 2.20. The summed E-state index contributed by atoms with van der Waals surface area (Å²) in [5.41, 5.74) is 1.37. The van der Waals surface area contributed by atoms with Gasteiger partial charge in [-0.3, -0.25) is 4.79 Å². The van der Waals surface area contributed by atoms with E-state index in [-0.39, 0.29) is 12.2 Å². The Morgan fingerprint density at radius 2 is 2.35 bits per heavy atom. The SMILES string of the molecule is O=C(O)CCCSc1nc2ccc(F)cc2[nH]1. The van der Waals surface area contributed by atoms with Gasteiger partial charge in [-0.05, 0) is 24.6 Å². The minimum absolute atomic E-state index is 0.155. The van der Waals surface area contributed by atoms with Gasteiger partial charge in [-0.15, -0.1) is 0 Å². The van der Waals surface area contributed by atoms with Gasteiger partial charge in [0.1, 0.15) is 5.82 Å². The van der Waals surface area contributed by atoms with Crippen molar-refractivity contribution < 1.29 is 14.3 Å². The predicted octanol–water partition coefficient (Wildman–Crippen LogP) is 2.66. The first-order valence-corrected chi connectivity index (χ1v) is 6.13. The number of carboxylic acid groups (broad SMARTS) is 1. The second kappa shape index (κ2) is 5.18. The summed E-state index contributed by atoms with van der Waals surface area (Å²) in [7, 11) is 0. The fourth-order valence-corrected chi connectivity index (χ4v) is 2.25. The molecule has 17 heavy (non-hydrogen) atoms. The molecule has 0 unspecified atom stereocenters. The van der Waals surface area contributed by atoms with Gasteiger partial charge in [-0.2, -0.15) is 0 Å². The average Bonchev–Trinajstić information content (AvgIpc) is 2.66. The molecule has 2 rings (SSSR count). The van der Waals surface area contributed by atoms with Crippen LogP contribution in [0.2, 0.25) is 0 Å². The summed E-state index contributed by atoms with van der Waals surface area (Å²) in [6.45, 7) is 0. The molecule has 1 heterocycles. The van der Waals surface area contributed by atoms with Gasteiger partial charge in [-0.1, -0.05) is 11.8 Å². The Balaban J connectivity index is 1.97. The Morgan fingerprint density at radius 3 is 3.12 bits per heavy atom. The molecule has 0 saturated carbocycles. The minimum Gasteiger partial charge on any atom is -0.481 e. The Bertz CT molecular complexity index is 541. The third-order valence-corrected chi connectivity index (χ3v) is 3.16. The lowest BCUT2D eigenvalue weighted by Crippen LogP contribution is -1.94. The van der Waals surface area contributed by atoms with Crippen LogP contribution in [0.5, 0.6) is 0 Å². The van der Waals surface area contributed by atoms with Crippen LogP contribution in [0, 0.1) is 5.82 Å². The predicted molar refractivity (Wildman–Crippen MR) is 63.6 cm³/mol. The molecule has 1 aromatic carbocycles. The summed E-state index contributed by atoms with van der Waals surface area (Å²) in [6, 6.07) is 4.37. The van der Waals surface area contributed by atoms with Crippen LogP contribution in [0.1, 0.15) is 12.8 Å². The van der Waals surface area contributed by atoms with Gasteiger partial charge in [0.2, 0.25) is 0 Å². The monoisotopic (exact) mass is 254 g/mol. The minimum atomic E-state index is -0.794. The topological polar surface area (TPSA) is 66.0 Å². The van der Waals surface area contributed by atoms with E-state index in [1.54, 1.807) is 6.07 Å². The van der Waals surface area contributed by atoms with E-state index in [1.807, 2.05) is 0 Å². The molecule has 4 nitrogen and oxygen atoms in total. The molecule has 2 aromatic rings. The van der Waals surface area contributed by atoms with Gasteiger partial charge < -0.3 is 10.1 Å². The van der Waals surface area contributed by atoms with Gasteiger partial charge in [0, 0.05) is 12.2 Å². The molecule has 0 bridgehead atoms. The zero-order chi connectivity index (χ0) is 12.3. The lowest BCUT2D eigenvalue weighted by atomic mass is 10.3.